The molecule has 0 radical (unpaired) electrons. The molecule has 0 spiro atoms. The highest BCUT2D eigenvalue weighted by Gasteiger charge is 2.11. The van der Waals surface area contributed by atoms with Gasteiger partial charge in [0.15, 0.2) is 0 Å². The molecule has 0 amide bonds. The first-order valence-corrected chi connectivity index (χ1v) is 6.80. The average Bonchev–Trinajstić information content (AvgIpc) is 2.88. The molecule has 3 aromatic rings. The van der Waals surface area contributed by atoms with Crippen LogP contribution in [0, 0.1) is 4.84 Å². The van der Waals surface area contributed by atoms with Crippen LogP contribution in [0.4, 0.5) is 5.69 Å². The number of aromatic nitrogens is 2. The van der Waals surface area contributed by atoms with Crippen LogP contribution >= 0.6 is 12.2 Å². The molecule has 106 valence electrons. The fraction of sp³-hybridized carbons (Fsp3) is 0.0667. The van der Waals surface area contributed by atoms with Crippen molar-refractivity contribution in [2.45, 2.75) is 6.67 Å². The maximum absolute atomic E-state index is 9.81. The fourth-order valence-corrected chi connectivity index (χ4v) is 2.08. The molecular formula is C15H13N3O2S. The van der Waals surface area contributed by atoms with Crippen molar-refractivity contribution < 1.29 is 9.52 Å². The van der Waals surface area contributed by atoms with Crippen molar-refractivity contribution in [3.05, 3.63) is 59.4 Å². The lowest BCUT2D eigenvalue weighted by molar-refractivity contribution is 0.471. The van der Waals surface area contributed by atoms with Crippen molar-refractivity contribution in [1.29, 1.82) is 0 Å². The van der Waals surface area contributed by atoms with Gasteiger partial charge >= 0.3 is 0 Å². The van der Waals surface area contributed by atoms with Gasteiger partial charge in [0.1, 0.15) is 12.4 Å². The lowest BCUT2D eigenvalue weighted by Gasteiger charge is -2.04. The monoisotopic (exact) mass is 299 g/mol. The SMILES string of the molecule is Oc1ccccc1-c1nn(CNc2ccccc2)c(=S)o1. The number of phenolic OH excluding ortho intramolecular Hbond substituents is 1. The number of aromatic hydroxyl groups is 1. The Morgan fingerprint density at radius 1 is 1.10 bits per heavy atom. The van der Waals surface area contributed by atoms with Gasteiger partial charge in [0.2, 0.25) is 0 Å². The number of hydrogen-bond donors (Lipinski definition) is 2. The number of rotatable bonds is 4. The molecule has 0 aliphatic rings. The standard InChI is InChI=1S/C15H13N3O2S/c19-13-9-5-4-8-12(13)14-17-18(15(21)20-14)10-16-11-6-2-1-3-7-11/h1-9,16,19H,10H2. The van der Waals surface area contributed by atoms with Crippen molar-refractivity contribution in [1.82, 2.24) is 9.78 Å². The Morgan fingerprint density at radius 2 is 1.81 bits per heavy atom. The topological polar surface area (TPSA) is 63.2 Å². The molecule has 5 nitrogen and oxygen atoms in total. The normalized spacial score (nSPS) is 10.5. The number of anilines is 1. The summed E-state index contributed by atoms with van der Waals surface area (Å²) in [6, 6.07) is 16.6. The molecule has 2 aromatic carbocycles. The quantitative estimate of drug-likeness (QED) is 0.720. The summed E-state index contributed by atoms with van der Waals surface area (Å²) in [6.45, 7) is 0.389. The molecule has 0 fully saturated rings. The first-order chi connectivity index (χ1) is 10.2. The largest absolute Gasteiger partial charge is 0.507 e. The highest BCUT2D eigenvalue weighted by molar-refractivity contribution is 7.71. The Kier molecular flexibility index (Phi) is 3.70. The number of hydrogen-bond acceptors (Lipinski definition) is 5. The molecule has 1 heterocycles. The molecule has 0 aliphatic heterocycles. The lowest BCUT2D eigenvalue weighted by Crippen LogP contribution is -2.09. The highest BCUT2D eigenvalue weighted by atomic mass is 32.1. The highest BCUT2D eigenvalue weighted by Crippen LogP contribution is 2.27. The summed E-state index contributed by atoms with van der Waals surface area (Å²) in [7, 11) is 0. The van der Waals surface area contributed by atoms with E-state index in [9.17, 15) is 5.11 Å². The maximum atomic E-state index is 9.81. The van der Waals surface area contributed by atoms with E-state index in [4.69, 9.17) is 16.6 Å². The zero-order chi connectivity index (χ0) is 14.7. The molecule has 6 heteroatoms. The van der Waals surface area contributed by atoms with Gasteiger partial charge in [0.05, 0.1) is 5.56 Å². The first-order valence-electron chi connectivity index (χ1n) is 6.39. The molecule has 0 atom stereocenters. The van der Waals surface area contributed by atoms with Crippen LogP contribution in [0.15, 0.2) is 59.0 Å². The van der Waals surface area contributed by atoms with Crippen LogP contribution in [0.25, 0.3) is 11.5 Å². The number of para-hydroxylation sites is 2. The van der Waals surface area contributed by atoms with Gasteiger partial charge in [-0.2, -0.15) is 0 Å². The van der Waals surface area contributed by atoms with Crippen molar-refractivity contribution in [3.63, 3.8) is 0 Å². The number of phenols is 1. The lowest BCUT2D eigenvalue weighted by atomic mass is 10.2. The molecule has 0 saturated heterocycles. The second kappa shape index (κ2) is 5.80. The molecule has 3 rings (SSSR count). The van der Waals surface area contributed by atoms with Crippen molar-refractivity contribution >= 4 is 17.9 Å². The zero-order valence-corrected chi connectivity index (χ0v) is 11.9. The van der Waals surface area contributed by atoms with E-state index in [2.05, 4.69) is 10.4 Å². The summed E-state index contributed by atoms with van der Waals surface area (Å²) in [4.78, 5) is 0.247. The third-order valence-electron chi connectivity index (χ3n) is 2.95. The Hall–Kier alpha value is -2.60. The van der Waals surface area contributed by atoms with E-state index in [0.717, 1.165) is 5.69 Å². The van der Waals surface area contributed by atoms with Gasteiger partial charge in [-0.1, -0.05) is 30.3 Å². The molecule has 1 aromatic heterocycles. The Morgan fingerprint density at radius 3 is 2.57 bits per heavy atom. The van der Waals surface area contributed by atoms with Crippen LogP contribution < -0.4 is 5.32 Å². The van der Waals surface area contributed by atoms with Gasteiger partial charge in [-0.25, -0.2) is 4.68 Å². The predicted molar refractivity (Wildman–Crippen MR) is 82.5 cm³/mol. The molecule has 21 heavy (non-hydrogen) atoms. The van der Waals surface area contributed by atoms with Crippen LogP contribution in [0.1, 0.15) is 0 Å². The number of nitrogens with zero attached hydrogens (tertiary/aromatic N) is 2. The summed E-state index contributed by atoms with van der Waals surface area (Å²) in [5, 5.41) is 17.3. The molecule has 0 aliphatic carbocycles. The Labute approximate surface area is 126 Å². The molecule has 0 unspecified atom stereocenters. The van der Waals surface area contributed by atoms with Crippen LogP contribution in [-0.4, -0.2) is 14.9 Å². The molecular weight excluding hydrogens is 286 g/mol. The zero-order valence-electron chi connectivity index (χ0n) is 11.1. The fourth-order valence-electron chi connectivity index (χ4n) is 1.89. The van der Waals surface area contributed by atoms with Crippen LogP contribution in [-0.2, 0) is 6.67 Å². The molecule has 0 saturated carbocycles. The van der Waals surface area contributed by atoms with E-state index in [0.29, 0.717) is 18.1 Å². The molecule has 0 bridgehead atoms. The third-order valence-corrected chi connectivity index (χ3v) is 3.24. The minimum atomic E-state index is 0.108. The van der Waals surface area contributed by atoms with E-state index in [1.165, 1.54) is 4.68 Å². The maximum Gasteiger partial charge on any atom is 0.289 e. The van der Waals surface area contributed by atoms with E-state index >= 15 is 0 Å². The van der Waals surface area contributed by atoms with Gasteiger partial charge in [-0.3, -0.25) is 0 Å². The second-order valence-electron chi connectivity index (χ2n) is 4.39. The van der Waals surface area contributed by atoms with Gasteiger partial charge in [0, 0.05) is 5.69 Å². The van der Waals surface area contributed by atoms with Crippen molar-refractivity contribution in [3.8, 4) is 17.2 Å². The minimum absolute atomic E-state index is 0.108. The minimum Gasteiger partial charge on any atom is -0.507 e. The third kappa shape index (κ3) is 2.95. The van der Waals surface area contributed by atoms with E-state index in [-0.39, 0.29) is 10.6 Å². The van der Waals surface area contributed by atoms with Gasteiger partial charge in [0.25, 0.3) is 10.7 Å². The summed E-state index contributed by atoms with van der Waals surface area (Å²) >= 11 is 5.14. The van der Waals surface area contributed by atoms with Crippen molar-refractivity contribution in [2.24, 2.45) is 0 Å². The van der Waals surface area contributed by atoms with Gasteiger partial charge in [-0.15, -0.1) is 5.10 Å². The van der Waals surface area contributed by atoms with Gasteiger partial charge in [-0.05, 0) is 36.5 Å². The summed E-state index contributed by atoms with van der Waals surface area (Å²) < 4.78 is 6.97. The van der Waals surface area contributed by atoms with Gasteiger partial charge < -0.3 is 14.8 Å². The predicted octanol–water partition coefficient (Wildman–Crippen LogP) is 3.65. The number of nitrogens with one attached hydrogen (secondary N) is 1. The Bertz CT molecular complexity index is 796. The van der Waals surface area contributed by atoms with Crippen LogP contribution in [0.2, 0.25) is 0 Å². The smallest absolute Gasteiger partial charge is 0.289 e. The summed E-state index contributed by atoms with van der Waals surface area (Å²) in [6.07, 6.45) is 0. The van der Waals surface area contributed by atoms with Crippen LogP contribution in [0.3, 0.4) is 0 Å². The van der Waals surface area contributed by atoms with E-state index in [1.54, 1.807) is 24.3 Å². The van der Waals surface area contributed by atoms with E-state index in [1.807, 2.05) is 30.3 Å². The van der Waals surface area contributed by atoms with Crippen LogP contribution in [0.5, 0.6) is 5.75 Å². The first kappa shape index (κ1) is 13.4. The number of benzene rings is 2. The summed E-state index contributed by atoms with van der Waals surface area (Å²) in [5.74, 6) is 0.407. The van der Waals surface area contributed by atoms with E-state index < -0.39 is 0 Å². The average molecular weight is 299 g/mol. The second-order valence-corrected chi connectivity index (χ2v) is 4.74. The molecule has 2 N–H and O–H groups in total. The summed E-state index contributed by atoms with van der Waals surface area (Å²) in [5.41, 5.74) is 1.48. The van der Waals surface area contributed by atoms with Crippen molar-refractivity contribution in [2.75, 3.05) is 5.32 Å². The Balaban J connectivity index is 1.82.